The Morgan fingerprint density at radius 3 is 2.19 bits per heavy atom. The summed E-state index contributed by atoms with van der Waals surface area (Å²) in [4.78, 5) is 11.2. The van der Waals surface area contributed by atoms with Crippen molar-refractivity contribution in [2.45, 2.75) is 77.2 Å². The molecule has 0 aliphatic carbocycles. The second-order valence-electron chi connectivity index (χ2n) is 4.18. The molecule has 16 heavy (non-hydrogen) atoms. The average molecular weight is 249 g/mol. The van der Waals surface area contributed by atoms with Crippen molar-refractivity contribution < 1.29 is 9.53 Å². The van der Waals surface area contributed by atoms with E-state index in [-0.39, 0.29) is 5.97 Å². The number of hydrogen-bond donors (Lipinski definition) is 0. The van der Waals surface area contributed by atoms with Crippen LogP contribution in [0.3, 0.4) is 0 Å². The first-order valence-electron chi connectivity index (χ1n) is 6.54. The Balaban J connectivity index is 3.21. The molecule has 0 N–H and O–H groups in total. The first-order valence-corrected chi connectivity index (χ1v) is 6.97. The summed E-state index contributed by atoms with van der Waals surface area (Å²) in [5, 5.41) is 0. The SMILES string of the molecule is CCCCCCCCCC(=O)OC(Cl)CC. The Kier molecular flexibility index (Phi) is 11.1. The number of ether oxygens (including phenoxy) is 1. The molecule has 0 aromatic heterocycles. The fraction of sp³-hybridized carbons (Fsp3) is 0.923. The van der Waals surface area contributed by atoms with Crippen molar-refractivity contribution >= 4 is 17.6 Å². The standard InChI is InChI=1S/C13H25ClO2/c1-3-5-6-7-8-9-10-11-13(15)16-12(14)4-2/h12H,3-11H2,1-2H3. The van der Waals surface area contributed by atoms with Crippen LogP contribution in [0.5, 0.6) is 0 Å². The van der Waals surface area contributed by atoms with Crippen molar-refractivity contribution in [1.29, 1.82) is 0 Å². The minimum absolute atomic E-state index is 0.157. The summed E-state index contributed by atoms with van der Waals surface area (Å²) >= 11 is 5.71. The van der Waals surface area contributed by atoms with E-state index in [4.69, 9.17) is 16.3 Å². The van der Waals surface area contributed by atoms with Gasteiger partial charge in [0.2, 0.25) is 0 Å². The number of carbonyl (C=O) groups is 1. The second-order valence-corrected chi connectivity index (χ2v) is 4.67. The minimum Gasteiger partial charge on any atom is -0.446 e. The van der Waals surface area contributed by atoms with E-state index >= 15 is 0 Å². The van der Waals surface area contributed by atoms with Gasteiger partial charge in [-0.2, -0.15) is 0 Å². The number of alkyl halides is 1. The van der Waals surface area contributed by atoms with Gasteiger partial charge in [0.05, 0.1) is 0 Å². The molecule has 0 aromatic rings. The van der Waals surface area contributed by atoms with Gasteiger partial charge in [0, 0.05) is 6.42 Å². The topological polar surface area (TPSA) is 26.3 Å². The smallest absolute Gasteiger partial charge is 0.307 e. The van der Waals surface area contributed by atoms with E-state index in [0.717, 1.165) is 12.8 Å². The molecule has 1 atom stereocenters. The summed E-state index contributed by atoms with van der Waals surface area (Å²) < 4.78 is 4.97. The molecule has 0 aliphatic rings. The summed E-state index contributed by atoms with van der Waals surface area (Å²) in [6.45, 7) is 4.12. The highest BCUT2D eigenvalue weighted by atomic mass is 35.5. The van der Waals surface area contributed by atoms with Crippen LogP contribution in [0.25, 0.3) is 0 Å². The summed E-state index contributed by atoms with van der Waals surface area (Å²) in [5.74, 6) is -0.157. The van der Waals surface area contributed by atoms with Crippen LogP contribution in [-0.2, 0) is 9.53 Å². The fourth-order valence-electron chi connectivity index (χ4n) is 1.51. The average Bonchev–Trinajstić information content (AvgIpc) is 2.27. The van der Waals surface area contributed by atoms with Crippen molar-refractivity contribution in [3.05, 3.63) is 0 Å². The number of halogens is 1. The Hall–Kier alpha value is -0.240. The van der Waals surface area contributed by atoms with Gasteiger partial charge < -0.3 is 4.74 Å². The molecule has 0 bridgehead atoms. The van der Waals surface area contributed by atoms with Crippen LogP contribution in [0.2, 0.25) is 0 Å². The van der Waals surface area contributed by atoms with Gasteiger partial charge >= 0.3 is 5.97 Å². The van der Waals surface area contributed by atoms with Crippen LogP contribution in [0, 0.1) is 0 Å². The molecule has 0 amide bonds. The van der Waals surface area contributed by atoms with E-state index in [2.05, 4.69) is 6.92 Å². The van der Waals surface area contributed by atoms with E-state index in [9.17, 15) is 4.79 Å². The van der Waals surface area contributed by atoms with E-state index in [0.29, 0.717) is 12.8 Å². The van der Waals surface area contributed by atoms with Crippen LogP contribution in [0.15, 0.2) is 0 Å². The van der Waals surface area contributed by atoms with Gasteiger partial charge in [-0.3, -0.25) is 4.79 Å². The molecule has 0 radical (unpaired) electrons. The van der Waals surface area contributed by atoms with Gasteiger partial charge in [0.1, 0.15) is 0 Å². The molecule has 2 nitrogen and oxygen atoms in total. The van der Waals surface area contributed by atoms with Gasteiger partial charge in [-0.15, -0.1) is 0 Å². The first kappa shape index (κ1) is 15.8. The highest BCUT2D eigenvalue weighted by Gasteiger charge is 2.08. The molecule has 0 aliphatic heterocycles. The summed E-state index contributed by atoms with van der Waals surface area (Å²) in [6, 6.07) is 0. The molecule has 0 rings (SSSR count). The second kappa shape index (κ2) is 11.3. The Labute approximate surface area is 105 Å². The van der Waals surface area contributed by atoms with Gasteiger partial charge in [0.15, 0.2) is 5.56 Å². The first-order chi connectivity index (χ1) is 7.70. The molecule has 0 saturated heterocycles. The van der Waals surface area contributed by atoms with Crippen molar-refractivity contribution in [3.63, 3.8) is 0 Å². The molecule has 0 fully saturated rings. The summed E-state index contributed by atoms with van der Waals surface area (Å²) in [6.07, 6.45) is 9.67. The van der Waals surface area contributed by atoms with E-state index in [1.54, 1.807) is 0 Å². The maximum absolute atomic E-state index is 11.2. The predicted octanol–water partition coefficient (Wildman–Crippen LogP) is 4.65. The monoisotopic (exact) mass is 248 g/mol. The molecule has 0 spiro atoms. The molecule has 0 aromatic carbocycles. The quantitative estimate of drug-likeness (QED) is 0.320. The molecular weight excluding hydrogens is 224 g/mol. The summed E-state index contributed by atoms with van der Waals surface area (Å²) in [7, 11) is 0. The third-order valence-electron chi connectivity index (χ3n) is 2.56. The van der Waals surface area contributed by atoms with E-state index in [1.807, 2.05) is 6.92 Å². The normalized spacial score (nSPS) is 12.4. The Bertz CT molecular complexity index is 171. The number of unbranched alkanes of at least 4 members (excludes halogenated alkanes) is 6. The number of rotatable bonds is 10. The van der Waals surface area contributed by atoms with Gasteiger partial charge in [-0.05, 0) is 12.8 Å². The molecule has 1 unspecified atom stereocenters. The highest BCUT2D eigenvalue weighted by molar-refractivity contribution is 6.20. The largest absolute Gasteiger partial charge is 0.446 e. The van der Waals surface area contributed by atoms with Crippen LogP contribution in [0.4, 0.5) is 0 Å². The molecular formula is C13H25ClO2. The number of carbonyl (C=O) groups excluding carboxylic acids is 1. The third kappa shape index (κ3) is 10.3. The van der Waals surface area contributed by atoms with Gasteiger partial charge in [0.25, 0.3) is 0 Å². The maximum atomic E-state index is 11.2. The fourth-order valence-corrected chi connectivity index (χ4v) is 1.61. The Morgan fingerprint density at radius 1 is 1.06 bits per heavy atom. The van der Waals surface area contributed by atoms with Crippen molar-refractivity contribution in [1.82, 2.24) is 0 Å². The third-order valence-corrected chi connectivity index (χ3v) is 2.96. The lowest BCUT2D eigenvalue weighted by Gasteiger charge is -2.08. The summed E-state index contributed by atoms with van der Waals surface area (Å²) in [5.41, 5.74) is -0.447. The van der Waals surface area contributed by atoms with Crippen molar-refractivity contribution in [2.24, 2.45) is 0 Å². The highest BCUT2D eigenvalue weighted by Crippen LogP contribution is 2.10. The van der Waals surface area contributed by atoms with Crippen molar-refractivity contribution in [2.75, 3.05) is 0 Å². The van der Waals surface area contributed by atoms with E-state index in [1.165, 1.54) is 32.1 Å². The van der Waals surface area contributed by atoms with Gasteiger partial charge in [-0.1, -0.05) is 64.0 Å². The lowest BCUT2D eigenvalue weighted by Crippen LogP contribution is -2.11. The Morgan fingerprint density at radius 2 is 1.62 bits per heavy atom. The predicted molar refractivity (Wildman–Crippen MR) is 68.6 cm³/mol. The zero-order chi connectivity index (χ0) is 12.2. The zero-order valence-corrected chi connectivity index (χ0v) is 11.4. The van der Waals surface area contributed by atoms with Crippen LogP contribution < -0.4 is 0 Å². The minimum atomic E-state index is -0.447. The maximum Gasteiger partial charge on any atom is 0.307 e. The molecule has 0 saturated carbocycles. The molecule has 96 valence electrons. The molecule has 3 heteroatoms. The van der Waals surface area contributed by atoms with Gasteiger partial charge in [-0.25, -0.2) is 0 Å². The van der Waals surface area contributed by atoms with Crippen LogP contribution in [-0.4, -0.2) is 11.5 Å². The lowest BCUT2D eigenvalue weighted by atomic mass is 10.1. The van der Waals surface area contributed by atoms with Crippen LogP contribution in [0.1, 0.15) is 71.6 Å². The number of esters is 1. The molecule has 0 heterocycles. The number of hydrogen-bond acceptors (Lipinski definition) is 2. The van der Waals surface area contributed by atoms with Crippen molar-refractivity contribution in [3.8, 4) is 0 Å². The lowest BCUT2D eigenvalue weighted by molar-refractivity contribution is -0.145. The zero-order valence-electron chi connectivity index (χ0n) is 10.6. The van der Waals surface area contributed by atoms with E-state index < -0.39 is 5.56 Å². The van der Waals surface area contributed by atoms with Crippen LogP contribution >= 0.6 is 11.6 Å².